The smallest absolute Gasteiger partial charge is 0.0951 e. The molecular formula is C12H21N3. The summed E-state index contributed by atoms with van der Waals surface area (Å²) in [5.41, 5.74) is 6.98. The molecule has 1 heterocycles. The van der Waals surface area contributed by atoms with E-state index in [9.17, 15) is 0 Å². The average Bonchev–Trinajstić information content (AvgIpc) is 2.45. The molecule has 2 N–H and O–H groups in total. The molecule has 0 aliphatic heterocycles. The largest absolute Gasteiger partial charge is 0.330 e. The summed E-state index contributed by atoms with van der Waals surface area (Å²) < 4.78 is 2.25. The van der Waals surface area contributed by atoms with Gasteiger partial charge in [-0.2, -0.15) is 0 Å². The molecule has 1 saturated carbocycles. The van der Waals surface area contributed by atoms with Gasteiger partial charge in [-0.3, -0.25) is 0 Å². The van der Waals surface area contributed by atoms with Crippen LogP contribution in [0, 0.1) is 5.92 Å². The van der Waals surface area contributed by atoms with Crippen molar-refractivity contribution in [2.75, 3.05) is 0 Å². The van der Waals surface area contributed by atoms with Gasteiger partial charge in [0.1, 0.15) is 0 Å². The molecule has 1 aliphatic rings. The Balaban J connectivity index is 2.23. The van der Waals surface area contributed by atoms with Crippen LogP contribution in [-0.2, 0) is 5.54 Å². The van der Waals surface area contributed by atoms with Crippen LogP contribution in [0.15, 0.2) is 12.5 Å². The molecule has 0 bridgehead atoms. The molecule has 1 unspecified atom stereocenters. The number of hydrogen-bond donors (Lipinski definition) is 1. The Kier molecular flexibility index (Phi) is 2.59. The summed E-state index contributed by atoms with van der Waals surface area (Å²) in [5, 5.41) is 0. The fourth-order valence-electron chi connectivity index (χ4n) is 2.28. The summed E-state index contributed by atoms with van der Waals surface area (Å²) in [6.45, 7) is 6.35. The van der Waals surface area contributed by atoms with E-state index < -0.39 is 0 Å². The standard InChI is InChI=1S/C12H21N3/c1-9(10-5-4-6-10)15-8-14-7-11(15)12(2,3)13/h7-10H,4-6,13H2,1-3H3. The van der Waals surface area contributed by atoms with Crippen LogP contribution in [0.3, 0.4) is 0 Å². The van der Waals surface area contributed by atoms with Gasteiger partial charge in [0.05, 0.1) is 17.6 Å². The summed E-state index contributed by atoms with van der Waals surface area (Å²) in [6, 6.07) is 0.541. The van der Waals surface area contributed by atoms with Gasteiger partial charge in [-0.1, -0.05) is 6.42 Å². The molecular weight excluding hydrogens is 186 g/mol. The number of nitrogens with two attached hydrogens (primary N) is 1. The topological polar surface area (TPSA) is 43.8 Å². The van der Waals surface area contributed by atoms with Crippen LogP contribution >= 0.6 is 0 Å². The van der Waals surface area contributed by atoms with Gasteiger partial charge >= 0.3 is 0 Å². The van der Waals surface area contributed by atoms with E-state index in [1.165, 1.54) is 19.3 Å². The Morgan fingerprint density at radius 1 is 1.53 bits per heavy atom. The highest BCUT2D eigenvalue weighted by Gasteiger charge is 2.28. The minimum atomic E-state index is -0.297. The minimum absolute atomic E-state index is 0.297. The molecule has 0 radical (unpaired) electrons. The SMILES string of the molecule is CC(C1CCC1)n1cncc1C(C)(C)N. The van der Waals surface area contributed by atoms with Crippen molar-refractivity contribution in [2.45, 2.75) is 51.6 Å². The maximum Gasteiger partial charge on any atom is 0.0951 e. The van der Waals surface area contributed by atoms with Gasteiger partial charge in [-0.25, -0.2) is 4.98 Å². The van der Waals surface area contributed by atoms with Gasteiger partial charge in [0, 0.05) is 12.2 Å². The third-order valence-corrected chi connectivity index (χ3v) is 3.60. The van der Waals surface area contributed by atoms with Crippen molar-refractivity contribution in [1.82, 2.24) is 9.55 Å². The second-order valence-corrected chi connectivity index (χ2v) is 5.34. The summed E-state index contributed by atoms with van der Waals surface area (Å²) >= 11 is 0. The lowest BCUT2D eigenvalue weighted by atomic mass is 9.80. The molecule has 3 nitrogen and oxygen atoms in total. The summed E-state index contributed by atoms with van der Waals surface area (Å²) in [6.07, 6.45) is 7.90. The average molecular weight is 207 g/mol. The minimum Gasteiger partial charge on any atom is -0.330 e. The molecule has 1 aliphatic carbocycles. The molecule has 3 heteroatoms. The van der Waals surface area contributed by atoms with Crippen LogP contribution in [0.2, 0.25) is 0 Å². The molecule has 15 heavy (non-hydrogen) atoms. The van der Waals surface area contributed by atoms with Crippen molar-refractivity contribution >= 4 is 0 Å². The van der Waals surface area contributed by atoms with Crippen LogP contribution in [0.5, 0.6) is 0 Å². The summed E-state index contributed by atoms with van der Waals surface area (Å²) in [4.78, 5) is 4.23. The van der Waals surface area contributed by atoms with E-state index in [1.807, 2.05) is 26.4 Å². The second-order valence-electron chi connectivity index (χ2n) is 5.34. The number of aromatic nitrogens is 2. The predicted octanol–water partition coefficient (Wildman–Crippen LogP) is 2.44. The van der Waals surface area contributed by atoms with E-state index >= 15 is 0 Å². The fourth-order valence-corrected chi connectivity index (χ4v) is 2.28. The molecule has 1 fully saturated rings. The van der Waals surface area contributed by atoms with Crippen molar-refractivity contribution in [3.63, 3.8) is 0 Å². The van der Waals surface area contributed by atoms with Crippen LogP contribution in [0.4, 0.5) is 0 Å². The lowest BCUT2D eigenvalue weighted by Gasteiger charge is -2.34. The molecule has 84 valence electrons. The van der Waals surface area contributed by atoms with Crippen molar-refractivity contribution < 1.29 is 0 Å². The van der Waals surface area contributed by atoms with Gasteiger partial charge in [-0.05, 0) is 39.5 Å². The highest BCUT2D eigenvalue weighted by atomic mass is 15.1. The predicted molar refractivity (Wildman–Crippen MR) is 61.5 cm³/mol. The zero-order valence-electron chi connectivity index (χ0n) is 9.90. The van der Waals surface area contributed by atoms with E-state index in [4.69, 9.17) is 5.73 Å². The molecule has 2 rings (SSSR count). The first kappa shape index (κ1) is 10.7. The van der Waals surface area contributed by atoms with Gasteiger partial charge in [0.2, 0.25) is 0 Å². The highest BCUT2D eigenvalue weighted by molar-refractivity contribution is 5.11. The molecule has 1 atom stereocenters. The molecule has 1 aromatic rings. The zero-order chi connectivity index (χ0) is 11.1. The van der Waals surface area contributed by atoms with Crippen LogP contribution in [0.25, 0.3) is 0 Å². The van der Waals surface area contributed by atoms with Crippen molar-refractivity contribution in [3.05, 3.63) is 18.2 Å². The van der Waals surface area contributed by atoms with Crippen molar-refractivity contribution in [3.8, 4) is 0 Å². The highest BCUT2D eigenvalue weighted by Crippen LogP contribution is 2.37. The third kappa shape index (κ3) is 1.93. The van der Waals surface area contributed by atoms with Crippen LogP contribution in [-0.4, -0.2) is 9.55 Å². The molecule has 0 amide bonds. The van der Waals surface area contributed by atoms with Crippen molar-refractivity contribution in [2.24, 2.45) is 11.7 Å². The summed E-state index contributed by atoms with van der Waals surface area (Å²) in [7, 11) is 0. The zero-order valence-corrected chi connectivity index (χ0v) is 9.90. The Morgan fingerprint density at radius 2 is 2.20 bits per heavy atom. The maximum absolute atomic E-state index is 6.14. The van der Waals surface area contributed by atoms with E-state index in [2.05, 4.69) is 16.5 Å². The number of imidazole rings is 1. The van der Waals surface area contributed by atoms with Gasteiger partial charge in [0.15, 0.2) is 0 Å². The lowest BCUT2D eigenvalue weighted by molar-refractivity contribution is 0.215. The Labute approximate surface area is 91.7 Å². The van der Waals surface area contributed by atoms with Crippen LogP contribution in [0.1, 0.15) is 51.8 Å². The van der Waals surface area contributed by atoms with E-state index in [-0.39, 0.29) is 5.54 Å². The monoisotopic (exact) mass is 207 g/mol. The maximum atomic E-state index is 6.14. The molecule has 0 aromatic carbocycles. The number of hydrogen-bond acceptors (Lipinski definition) is 2. The second kappa shape index (κ2) is 3.63. The Bertz CT molecular complexity index is 331. The van der Waals surface area contributed by atoms with Gasteiger partial charge in [-0.15, -0.1) is 0 Å². The van der Waals surface area contributed by atoms with Crippen LogP contribution < -0.4 is 5.73 Å². The van der Waals surface area contributed by atoms with E-state index in [0.29, 0.717) is 6.04 Å². The van der Waals surface area contributed by atoms with Gasteiger partial charge in [0.25, 0.3) is 0 Å². The first-order chi connectivity index (χ1) is 7.00. The third-order valence-electron chi connectivity index (χ3n) is 3.60. The summed E-state index contributed by atoms with van der Waals surface area (Å²) in [5.74, 6) is 0.820. The van der Waals surface area contributed by atoms with E-state index in [0.717, 1.165) is 11.6 Å². The first-order valence-electron chi connectivity index (χ1n) is 5.81. The first-order valence-corrected chi connectivity index (χ1v) is 5.81. The van der Waals surface area contributed by atoms with E-state index in [1.54, 1.807) is 0 Å². The fraction of sp³-hybridized carbons (Fsp3) is 0.750. The number of nitrogens with zero attached hydrogens (tertiary/aromatic N) is 2. The van der Waals surface area contributed by atoms with Crippen molar-refractivity contribution in [1.29, 1.82) is 0 Å². The molecule has 0 spiro atoms. The normalized spacial score (nSPS) is 20.0. The lowest BCUT2D eigenvalue weighted by Crippen LogP contribution is -2.34. The quantitative estimate of drug-likeness (QED) is 0.827. The molecule has 0 saturated heterocycles. The molecule has 1 aromatic heterocycles. The Hall–Kier alpha value is -0.830. The Morgan fingerprint density at radius 3 is 2.67 bits per heavy atom. The van der Waals surface area contributed by atoms with Gasteiger partial charge < -0.3 is 10.3 Å². The number of rotatable bonds is 3.